The Bertz CT molecular complexity index is 127. The van der Waals surface area contributed by atoms with Crippen LogP contribution >= 0.6 is 0 Å². The molecular weight excluding hydrogens is 172 g/mol. The van der Waals surface area contributed by atoms with Crippen molar-refractivity contribution in [3.8, 4) is 0 Å². The molecule has 1 heterocycles. The van der Waals surface area contributed by atoms with E-state index in [4.69, 9.17) is 8.91 Å². The molecule has 0 radical (unpaired) electrons. The van der Waals surface area contributed by atoms with E-state index < -0.39 is 17.4 Å². The fourth-order valence-corrected chi connectivity index (χ4v) is 4.07. The maximum atomic E-state index is 9.13. The van der Waals surface area contributed by atoms with Gasteiger partial charge in [-0.1, -0.05) is 5.04 Å². The SMILES string of the molecule is C[Si](C)(C)O[Si]1(O)OOO1. The highest BCUT2D eigenvalue weighted by atomic mass is 28.5. The molecule has 0 aromatic carbocycles. The Hall–Kier alpha value is 0.234. The molecule has 0 aromatic heterocycles. The predicted molar refractivity (Wildman–Crippen MR) is 35.7 cm³/mol. The lowest BCUT2D eigenvalue weighted by atomic mass is 11.8. The summed E-state index contributed by atoms with van der Waals surface area (Å²) in [5.74, 6) is 0. The molecule has 0 atom stereocenters. The van der Waals surface area contributed by atoms with Crippen molar-refractivity contribution in [3.63, 3.8) is 0 Å². The van der Waals surface area contributed by atoms with Gasteiger partial charge >= 0.3 is 9.05 Å². The van der Waals surface area contributed by atoms with Gasteiger partial charge < -0.3 is 8.91 Å². The Morgan fingerprint density at radius 1 is 1.30 bits per heavy atom. The van der Waals surface area contributed by atoms with Crippen LogP contribution in [0.25, 0.3) is 0 Å². The van der Waals surface area contributed by atoms with Crippen molar-refractivity contribution in [1.82, 2.24) is 0 Å². The van der Waals surface area contributed by atoms with Crippen LogP contribution in [0.4, 0.5) is 0 Å². The Kier molecular flexibility index (Phi) is 1.98. The van der Waals surface area contributed by atoms with Crippen LogP contribution in [0.15, 0.2) is 0 Å². The fraction of sp³-hybridized carbons (Fsp3) is 1.00. The molecule has 1 rings (SSSR count). The van der Waals surface area contributed by atoms with Gasteiger partial charge in [0.05, 0.1) is 0 Å². The first-order valence-electron chi connectivity index (χ1n) is 2.87. The molecule has 0 unspecified atom stereocenters. The van der Waals surface area contributed by atoms with E-state index in [1.165, 1.54) is 0 Å². The number of hydrogen-bond acceptors (Lipinski definition) is 5. The molecule has 1 saturated heterocycles. The van der Waals surface area contributed by atoms with Crippen LogP contribution in [-0.2, 0) is 18.3 Å². The summed E-state index contributed by atoms with van der Waals surface area (Å²) >= 11 is 0. The van der Waals surface area contributed by atoms with Crippen LogP contribution in [0.2, 0.25) is 19.6 Å². The zero-order chi connectivity index (χ0) is 7.83. The Morgan fingerprint density at radius 2 is 1.80 bits per heavy atom. The van der Waals surface area contributed by atoms with Crippen molar-refractivity contribution < 1.29 is 23.1 Å². The van der Waals surface area contributed by atoms with Crippen LogP contribution in [-0.4, -0.2) is 22.2 Å². The van der Waals surface area contributed by atoms with E-state index in [2.05, 4.69) is 14.2 Å². The van der Waals surface area contributed by atoms with Crippen molar-refractivity contribution in [3.05, 3.63) is 0 Å². The van der Waals surface area contributed by atoms with Gasteiger partial charge in [0.15, 0.2) is 8.32 Å². The highest BCUT2D eigenvalue weighted by Gasteiger charge is 2.56. The van der Waals surface area contributed by atoms with Gasteiger partial charge in [0.1, 0.15) is 0 Å². The topological polar surface area (TPSA) is 57.2 Å². The second-order valence-electron chi connectivity index (χ2n) is 2.97. The van der Waals surface area contributed by atoms with E-state index in [0.29, 0.717) is 0 Å². The van der Waals surface area contributed by atoms with E-state index in [1.807, 2.05) is 19.6 Å². The maximum absolute atomic E-state index is 9.13. The average molecular weight is 182 g/mol. The summed E-state index contributed by atoms with van der Waals surface area (Å²) in [4.78, 5) is 9.13. The predicted octanol–water partition coefficient (Wildman–Crippen LogP) is 0.159. The fourth-order valence-electron chi connectivity index (χ4n) is 0.513. The maximum Gasteiger partial charge on any atom is 0.727 e. The van der Waals surface area contributed by atoms with Gasteiger partial charge in [-0.2, -0.15) is 9.15 Å². The van der Waals surface area contributed by atoms with Crippen LogP contribution in [0.1, 0.15) is 0 Å². The number of hydrogen-bond donors (Lipinski definition) is 1. The van der Waals surface area contributed by atoms with Crippen molar-refractivity contribution >= 4 is 17.4 Å². The molecule has 1 fully saturated rings. The molecule has 1 aliphatic heterocycles. The minimum absolute atomic E-state index is 1.78. The zero-order valence-electron chi connectivity index (χ0n) is 6.08. The second kappa shape index (κ2) is 2.38. The Labute approximate surface area is 60.9 Å². The average Bonchev–Trinajstić information content (AvgIpc) is 1.57. The summed E-state index contributed by atoms with van der Waals surface area (Å²) in [6.07, 6.45) is 0. The van der Waals surface area contributed by atoms with Gasteiger partial charge in [-0.05, 0) is 19.6 Å². The lowest BCUT2D eigenvalue weighted by Gasteiger charge is -2.31. The molecule has 7 heteroatoms. The first kappa shape index (κ1) is 8.33. The van der Waals surface area contributed by atoms with Crippen LogP contribution in [0.3, 0.4) is 0 Å². The highest BCUT2D eigenvalue weighted by Crippen LogP contribution is 2.21. The summed E-state index contributed by atoms with van der Waals surface area (Å²) in [6, 6.07) is 0. The third-order valence-electron chi connectivity index (χ3n) is 0.714. The van der Waals surface area contributed by atoms with Crippen LogP contribution in [0, 0.1) is 0 Å². The second-order valence-corrected chi connectivity index (χ2v) is 9.40. The molecule has 0 saturated carbocycles. The Morgan fingerprint density at radius 3 is 1.90 bits per heavy atom. The van der Waals surface area contributed by atoms with Gasteiger partial charge in [-0.3, -0.25) is 0 Å². The van der Waals surface area contributed by atoms with Crippen molar-refractivity contribution in [2.45, 2.75) is 19.6 Å². The quantitative estimate of drug-likeness (QED) is 0.487. The van der Waals surface area contributed by atoms with E-state index >= 15 is 0 Å². The normalized spacial score (nSPS) is 24.0. The van der Waals surface area contributed by atoms with E-state index in [-0.39, 0.29) is 0 Å². The first-order chi connectivity index (χ1) is 4.41. The zero-order valence-corrected chi connectivity index (χ0v) is 8.08. The van der Waals surface area contributed by atoms with Gasteiger partial charge in [0.25, 0.3) is 0 Å². The smallest absolute Gasteiger partial charge is 0.392 e. The van der Waals surface area contributed by atoms with Crippen molar-refractivity contribution in [1.29, 1.82) is 0 Å². The molecule has 60 valence electrons. The van der Waals surface area contributed by atoms with Gasteiger partial charge in [0.2, 0.25) is 0 Å². The number of rotatable bonds is 2. The van der Waals surface area contributed by atoms with Crippen molar-refractivity contribution in [2.24, 2.45) is 0 Å². The minimum atomic E-state index is -3.29. The summed E-state index contributed by atoms with van der Waals surface area (Å²) in [6.45, 7) is 5.76. The lowest BCUT2D eigenvalue weighted by Crippen LogP contribution is -2.59. The van der Waals surface area contributed by atoms with Gasteiger partial charge in [-0.25, -0.2) is 0 Å². The van der Waals surface area contributed by atoms with Crippen molar-refractivity contribution in [2.75, 3.05) is 0 Å². The molecule has 0 aromatic rings. The molecule has 1 aliphatic rings. The minimum Gasteiger partial charge on any atom is -0.392 e. The molecular formula is C3H10O5Si2. The highest BCUT2D eigenvalue weighted by molar-refractivity contribution is 6.77. The molecule has 0 bridgehead atoms. The largest absolute Gasteiger partial charge is 0.727 e. The first-order valence-corrected chi connectivity index (χ1v) is 7.95. The summed E-state index contributed by atoms with van der Waals surface area (Å²) in [5.41, 5.74) is 0. The third kappa shape index (κ3) is 2.13. The molecule has 0 aliphatic carbocycles. The van der Waals surface area contributed by atoms with Crippen LogP contribution in [0.5, 0.6) is 0 Å². The summed E-state index contributed by atoms with van der Waals surface area (Å²) in [7, 11) is -5.07. The standard InChI is InChI=1S/C3H10O5Si2/c1-9(2,3)8-10(4)6-5-7-10/h4H,1-3H3. The molecule has 5 nitrogen and oxygen atoms in total. The molecule has 0 amide bonds. The summed E-state index contributed by atoms with van der Waals surface area (Å²) in [5, 5.41) is 3.89. The van der Waals surface area contributed by atoms with E-state index in [9.17, 15) is 0 Å². The van der Waals surface area contributed by atoms with E-state index in [0.717, 1.165) is 0 Å². The molecule has 10 heavy (non-hydrogen) atoms. The molecule has 1 N–H and O–H groups in total. The van der Waals surface area contributed by atoms with Gasteiger partial charge in [0, 0.05) is 0 Å². The van der Waals surface area contributed by atoms with Gasteiger partial charge in [-0.15, -0.1) is 0 Å². The third-order valence-corrected chi connectivity index (χ3v) is 4.75. The monoisotopic (exact) mass is 182 g/mol. The lowest BCUT2D eigenvalue weighted by molar-refractivity contribution is -0.548. The van der Waals surface area contributed by atoms with Crippen LogP contribution < -0.4 is 0 Å². The Balaban J connectivity index is 2.37. The summed E-state index contributed by atoms with van der Waals surface area (Å²) < 4.78 is 13.7. The van der Waals surface area contributed by atoms with E-state index in [1.54, 1.807) is 0 Å². The molecule has 0 spiro atoms.